The molecule has 0 unspecified atom stereocenters. The van der Waals surface area contributed by atoms with Crippen LogP contribution in [0.4, 0.5) is 10.1 Å². The van der Waals surface area contributed by atoms with Gasteiger partial charge >= 0.3 is 0 Å². The Morgan fingerprint density at radius 3 is 2.89 bits per heavy atom. The van der Waals surface area contributed by atoms with Crippen LogP contribution in [0.5, 0.6) is 0 Å². The first-order valence-corrected chi connectivity index (χ1v) is 6.45. The highest BCUT2D eigenvalue weighted by Crippen LogP contribution is 2.12. The summed E-state index contributed by atoms with van der Waals surface area (Å²) in [5.41, 5.74) is 6.96. The minimum atomic E-state index is -0.509. The highest BCUT2D eigenvalue weighted by Gasteiger charge is 2.07. The van der Waals surface area contributed by atoms with E-state index in [0.717, 1.165) is 6.42 Å². The first-order valence-electron chi connectivity index (χ1n) is 5.51. The summed E-state index contributed by atoms with van der Waals surface area (Å²) in [6, 6.07) is 5.98. The van der Waals surface area contributed by atoms with E-state index in [-0.39, 0.29) is 11.6 Å². The fourth-order valence-corrected chi connectivity index (χ4v) is 2.25. The van der Waals surface area contributed by atoms with Crippen molar-refractivity contribution in [1.29, 1.82) is 0 Å². The Kier molecular flexibility index (Phi) is 3.94. The second-order valence-corrected chi connectivity index (χ2v) is 4.65. The molecule has 1 aromatic carbocycles. The number of nitrogens with two attached hydrogens (primary N) is 1. The second-order valence-electron chi connectivity index (χ2n) is 3.87. The number of thiophene rings is 1. The summed E-state index contributed by atoms with van der Waals surface area (Å²) in [6.45, 7) is 0.548. The van der Waals surface area contributed by atoms with Crippen molar-refractivity contribution in [1.82, 2.24) is 5.32 Å². The van der Waals surface area contributed by atoms with Gasteiger partial charge in [0, 0.05) is 12.1 Å². The molecule has 2 aromatic rings. The Balaban J connectivity index is 1.89. The third kappa shape index (κ3) is 3.07. The molecule has 2 rings (SSSR count). The van der Waals surface area contributed by atoms with Crippen LogP contribution in [0.15, 0.2) is 35.0 Å². The van der Waals surface area contributed by atoms with Crippen molar-refractivity contribution in [3.63, 3.8) is 0 Å². The zero-order valence-corrected chi connectivity index (χ0v) is 10.5. The number of carbonyl (C=O) groups is 1. The highest BCUT2D eigenvalue weighted by molar-refractivity contribution is 7.07. The van der Waals surface area contributed by atoms with E-state index in [9.17, 15) is 9.18 Å². The SMILES string of the molecule is Nc1cc(C(=O)NCCc2ccsc2)ccc1F. The zero-order chi connectivity index (χ0) is 13.0. The van der Waals surface area contributed by atoms with Crippen molar-refractivity contribution >= 4 is 22.9 Å². The molecule has 5 heteroatoms. The van der Waals surface area contributed by atoms with Crippen molar-refractivity contribution in [2.45, 2.75) is 6.42 Å². The molecule has 0 fully saturated rings. The van der Waals surface area contributed by atoms with Crippen molar-refractivity contribution in [2.75, 3.05) is 12.3 Å². The Bertz CT molecular complexity index is 540. The number of nitrogens with one attached hydrogen (secondary N) is 1. The number of rotatable bonds is 4. The lowest BCUT2D eigenvalue weighted by molar-refractivity contribution is 0.0954. The van der Waals surface area contributed by atoms with Crippen LogP contribution in [0.2, 0.25) is 0 Å². The number of carbonyl (C=O) groups excluding carboxylic acids is 1. The van der Waals surface area contributed by atoms with Crippen LogP contribution in [0, 0.1) is 5.82 Å². The van der Waals surface area contributed by atoms with E-state index in [1.165, 1.54) is 23.8 Å². The maximum Gasteiger partial charge on any atom is 0.251 e. The predicted octanol–water partition coefficient (Wildman–Crippen LogP) is 2.44. The summed E-state index contributed by atoms with van der Waals surface area (Å²) in [5, 5.41) is 6.81. The normalized spacial score (nSPS) is 10.3. The van der Waals surface area contributed by atoms with Crippen molar-refractivity contribution in [3.05, 3.63) is 52.0 Å². The fourth-order valence-electron chi connectivity index (χ4n) is 1.54. The average Bonchev–Trinajstić information content (AvgIpc) is 2.85. The number of nitrogen functional groups attached to an aromatic ring is 1. The van der Waals surface area contributed by atoms with Crippen LogP contribution in [0.3, 0.4) is 0 Å². The molecule has 3 N–H and O–H groups in total. The summed E-state index contributed by atoms with van der Waals surface area (Å²) >= 11 is 1.63. The Morgan fingerprint density at radius 2 is 2.22 bits per heavy atom. The molecule has 94 valence electrons. The predicted molar refractivity (Wildman–Crippen MR) is 71.2 cm³/mol. The number of anilines is 1. The summed E-state index contributed by atoms with van der Waals surface area (Å²) < 4.78 is 12.9. The molecule has 0 bridgehead atoms. The van der Waals surface area contributed by atoms with Gasteiger partial charge < -0.3 is 11.1 Å². The third-order valence-corrected chi connectivity index (χ3v) is 3.27. The van der Waals surface area contributed by atoms with E-state index in [1.54, 1.807) is 11.3 Å². The largest absolute Gasteiger partial charge is 0.396 e. The van der Waals surface area contributed by atoms with Gasteiger partial charge in [0.1, 0.15) is 5.82 Å². The Morgan fingerprint density at radius 1 is 1.39 bits per heavy atom. The maximum atomic E-state index is 12.9. The molecular formula is C13H13FN2OS. The number of hydrogen-bond acceptors (Lipinski definition) is 3. The van der Waals surface area contributed by atoms with Crippen molar-refractivity contribution < 1.29 is 9.18 Å². The molecule has 0 aliphatic heterocycles. The molecule has 0 saturated heterocycles. The maximum absolute atomic E-state index is 12.9. The molecular weight excluding hydrogens is 251 g/mol. The molecule has 0 aliphatic rings. The summed E-state index contributed by atoms with van der Waals surface area (Å²) in [7, 11) is 0. The molecule has 1 amide bonds. The first kappa shape index (κ1) is 12.6. The van der Waals surface area contributed by atoms with Crippen LogP contribution in [0.25, 0.3) is 0 Å². The number of benzene rings is 1. The fraction of sp³-hybridized carbons (Fsp3) is 0.154. The summed E-state index contributed by atoms with van der Waals surface area (Å²) in [6.07, 6.45) is 0.784. The van der Waals surface area contributed by atoms with Gasteiger partial charge in [-0.25, -0.2) is 4.39 Å². The lowest BCUT2D eigenvalue weighted by Crippen LogP contribution is -2.25. The second kappa shape index (κ2) is 5.64. The van der Waals surface area contributed by atoms with E-state index in [4.69, 9.17) is 5.73 Å². The Labute approximate surface area is 108 Å². The lowest BCUT2D eigenvalue weighted by atomic mass is 10.1. The minimum absolute atomic E-state index is 0.0134. The van der Waals surface area contributed by atoms with Gasteiger partial charge in [-0.3, -0.25) is 4.79 Å². The van der Waals surface area contributed by atoms with E-state index < -0.39 is 5.82 Å². The summed E-state index contributed by atoms with van der Waals surface area (Å²) in [4.78, 5) is 11.8. The smallest absolute Gasteiger partial charge is 0.251 e. The standard InChI is InChI=1S/C13H13FN2OS/c14-11-2-1-10(7-12(11)15)13(17)16-5-3-9-4-6-18-8-9/h1-2,4,6-8H,3,5,15H2,(H,16,17). The third-order valence-electron chi connectivity index (χ3n) is 2.54. The molecule has 0 spiro atoms. The van der Waals surface area contributed by atoms with Gasteiger partial charge in [0.2, 0.25) is 0 Å². The highest BCUT2D eigenvalue weighted by atomic mass is 32.1. The van der Waals surface area contributed by atoms with E-state index >= 15 is 0 Å². The van der Waals surface area contributed by atoms with Crippen molar-refractivity contribution in [3.8, 4) is 0 Å². The molecule has 3 nitrogen and oxygen atoms in total. The van der Waals surface area contributed by atoms with Crippen LogP contribution in [-0.4, -0.2) is 12.5 Å². The summed E-state index contributed by atoms with van der Waals surface area (Å²) in [5.74, 6) is -0.748. The van der Waals surface area contributed by atoms with Crippen molar-refractivity contribution in [2.24, 2.45) is 0 Å². The molecule has 0 atom stereocenters. The van der Waals surface area contributed by atoms with Gasteiger partial charge in [-0.2, -0.15) is 11.3 Å². The van der Waals surface area contributed by atoms with Crippen LogP contribution >= 0.6 is 11.3 Å². The van der Waals surface area contributed by atoms with E-state index in [0.29, 0.717) is 12.1 Å². The monoisotopic (exact) mass is 264 g/mol. The van der Waals surface area contributed by atoms with Crippen LogP contribution < -0.4 is 11.1 Å². The lowest BCUT2D eigenvalue weighted by Gasteiger charge is -2.05. The quantitative estimate of drug-likeness (QED) is 0.833. The number of amides is 1. The number of halogens is 1. The van der Waals surface area contributed by atoms with Gasteiger partial charge in [0.15, 0.2) is 0 Å². The minimum Gasteiger partial charge on any atom is -0.396 e. The molecule has 18 heavy (non-hydrogen) atoms. The van der Waals surface area contributed by atoms with Gasteiger partial charge in [0.25, 0.3) is 5.91 Å². The first-order chi connectivity index (χ1) is 8.66. The van der Waals surface area contributed by atoms with Gasteiger partial charge in [0.05, 0.1) is 5.69 Å². The van der Waals surface area contributed by atoms with Crippen LogP contribution in [0.1, 0.15) is 15.9 Å². The van der Waals surface area contributed by atoms with Crippen LogP contribution in [-0.2, 0) is 6.42 Å². The molecule has 1 heterocycles. The molecule has 0 saturated carbocycles. The number of hydrogen-bond donors (Lipinski definition) is 2. The van der Waals surface area contributed by atoms with E-state index in [2.05, 4.69) is 5.32 Å². The van der Waals surface area contributed by atoms with E-state index in [1.807, 2.05) is 16.8 Å². The average molecular weight is 264 g/mol. The molecule has 1 aromatic heterocycles. The van der Waals surface area contributed by atoms with Gasteiger partial charge in [-0.1, -0.05) is 0 Å². The zero-order valence-electron chi connectivity index (χ0n) is 9.65. The van der Waals surface area contributed by atoms with Gasteiger partial charge in [-0.05, 0) is 47.0 Å². The van der Waals surface area contributed by atoms with Gasteiger partial charge in [-0.15, -0.1) is 0 Å². The molecule has 0 radical (unpaired) electrons. The Hall–Kier alpha value is -1.88. The molecule has 0 aliphatic carbocycles. The topological polar surface area (TPSA) is 55.1 Å².